The minimum absolute atomic E-state index is 0.0978. The fraction of sp³-hybridized carbons (Fsp3) is 0.233. The highest BCUT2D eigenvalue weighted by Gasteiger charge is 2.19. The van der Waals surface area contributed by atoms with E-state index in [2.05, 4.69) is 33.8 Å². The number of para-hydroxylation sites is 1. The number of benzene rings is 3. The van der Waals surface area contributed by atoms with Crippen LogP contribution < -0.4 is 15.0 Å². The van der Waals surface area contributed by atoms with Crippen molar-refractivity contribution in [3.05, 3.63) is 94.4 Å². The number of aliphatic carboxylic acids is 1. The van der Waals surface area contributed by atoms with E-state index in [1.54, 1.807) is 30.6 Å². The molecule has 7 nitrogen and oxygen atoms in total. The smallest absolute Gasteiger partial charge is 0.305 e. The minimum atomic E-state index is -0.941. The molecule has 194 valence electrons. The van der Waals surface area contributed by atoms with Gasteiger partial charge in [-0.1, -0.05) is 30.3 Å². The zero-order valence-corrected chi connectivity index (χ0v) is 22.0. The number of nitrogens with zero attached hydrogens (tertiary/aromatic N) is 2. The number of aryl methyl sites for hydroxylation is 2. The number of ether oxygens (including phenoxy) is 1. The number of carbonyl (C=O) groups is 2. The summed E-state index contributed by atoms with van der Waals surface area (Å²) in [5.41, 5.74) is 7.23. The van der Waals surface area contributed by atoms with Crippen LogP contribution in [-0.2, 0) is 24.2 Å². The van der Waals surface area contributed by atoms with E-state index in [9.17, 15) is 9.59 Å². The van der Waals surface area contributed by atoms with Crippen molar-refractivity contribution < 1.29 is 19.4 Å². The predicted molar refractivity (Wildman–Crippen MR) is 149 cm³/mol. The summed E-state index contributed by atoms with van der Waals surface area (Å²) >= 11 is 1.59. The molecule has 0 unspecified atom stereocenters. The fourth-order valence-corrected chi connectivity index (χ4v) is 5.54. The summed E-state index contributed by atoms with van der Waals surface area (Å²) in [6.07, 6.45) is 3.29. The predicted octanol–water partition coefficient (Wildman–Crippen LogP) is 5.85. The van der Waals surface area contributed by atoms with Crippen LogP contribution >= 0.6 is 11.3 Å². The number of thiazole rings is 1. The number of carbonyl (C=O) groups excluding carboxylic acids is 1. The molecule has 0 saturated carbocycles. The first-order valence-electron chi connectivity index (χ1n) is 12.6. The summed E-state index contributed by atoms with van der Waals surface area (Å²) in [5, 5.41) is 14.4. The van der Waals surface area contributed by atoms with Crippen molar-refractivity contribution in [2.24, 2.45) is 0 Å². The lowest BCUT2D eigenvalue weighted by Crippen LogP contribution is -2.26. The van der Waals surface area contributed by atoms with Gasteiger partial charge in [0.2, 0.25) is 0 Å². The molecule has 0 aliphatic heterocycles. The van der Waals surface area contributed by atoms with Gasteiger partial charge in [0.25, 0.3) is 5.91 Å². The lowest BCUT2D eigenvalue weighted by Gasteiger charge is -2.23. The van der Waals surface area contributed by atoms with Crippen molar-refractivity contribution in [2.45, 2.75) is 32.2 Å². The second-order valence-corrected chi connectivity index (χ2v) is 10.0. The molecule has 1 aliphatic rings. The number of methoxy groups -OCH3 is 1. The van der Waals surface area contributed by atoms with E-state index in [0.29, 0.717) is 12.1 Å². The summed E-state index contributed by atoms with van der Waals surface area (Å²) in [4.78, 5) is 30.3. The van der Waals surface area contributed by atoms with Crippen molar-refractivity contribution in [1.29, 1.82) is 0 Å². The molecule has 2 N–H and O–H groups in total. The van der Waals surface area contributed by atoms with Gasteiger partial charge < -0.3 is 20.1 Å². The van der Waals surface area contributed by atoms with E-state index >= 15 is 0 Å². The lowest BCUT2D eigenvalue weighted by atomic mass is 10.1. The number of hydrogen-bond donors (Lipinski definition) is 2. The Balaban J connectivity index is 1.42. The average molecular weight is 528 g/mol. The minimum Gasteiger partial charge on any atom is -0.496 e. The zero-order valence-electron chi connectivity index (χ0n) is 21.1. The largest absolute Gasteiger partial charge is 0.496 e. The molecular formula is C30H29N3O4S. The Kier molecular flexibility index (Phi) is 7.70. The highest BCUT2D eigenvalue weighted by Crippen LogP contribution is 2.37. The van der Waals surface area contributed by atoms with Crippen LogP contribution in [0.2, 0.25) is 0 Å². The van der Waals surface area contributed by atoms with Crippen molar-refractivity contribution >= 4 is 34.0 Å². The Morgan fingerprint density at radius 2 is 1.84 bits per heavy atom. The quantitative estimate of drug-likeness (QED) is 0.269. The van der Waals surface area contributed by atoms with E-state index < -0.39 is 5.97 Å². The highest BCUT2D eigenvalue weighted by atomic mass is 32.1. The monoisotopic (exact) mass is 527 g/mol. The summed E-state index contributed by atoms with van der Waals surface area (Å²) in [6.45, 7) is 0.680. The molecular weight excluding hydrogens is 498 g/mol. The van der Waals surface area contributed by atoms with Crippen molar-refractivity contribution in [3.63, 3.8) is 0 Å². The van der Waals surface area contributed by atoms with E-state index in [4.69, 9.17) is 14.8 Å². The summed E-state index contributed by atoms with van der Waals surface area (Å²) < 4.78 is 5.56. The topological polar surface area (TPSA) is 91.8 Å². The molecule has 1 aliphatic carbocycles. The summed E-state index contributed by atoms with van der Waals surface area (Å²) in [5.74, 6) is -0.441. The van der Waals surface area contributed by atoms with Crippen LogP contribution in [0.3, 0.4) is 0 Å². The number of nitrogens with one attached hydrogen (secondary N) is 1. The molecule has 4 aromatic rings. The van der Waals surface area contributed by atoms with Crippen molar-refractivity contribution in [1.82, 2.24) is 10.3 Å². The zero-order chi connectivity index (χ0) is 26.5. The first-order valence-corrected chi connectivity index (χ1v) is 13.5. The Morgan fingerprint density at radius 1 is 1.05 bits per heavy atom. The summed E-state index contributed by atoms with van der Waals surface area (Å²) in [7, 11) is 1.67. The maximum Gasteiger partial charge on any atom is 0.305 e. The van der Waals surface area contributed by atoms with Crippen LogP contribution in [0.4, 0.5) is 10.8 Å². The number of rotatable bonds is 10. The third kappa shape index (κ3) is 5.70. The Morgan fingerprint density at radius 3 is 2.63 bits per heavy atom. The van der Waals surface area contributed by atoms with E-state index in [0.717, 1.165) is 46.2 Å². The van der Waals surface area contributed by atoms with E-state index in [-0.39, 0.29) is 18.9 Å². The standard InChI is InChI=1S/C30H29N3O4S/c1-37-27-8-3-2-7-25(27)26-19-38-30(32-26)33(24-14-13-21-5-4-6-23(21)17-24)18-20-9-11-22(12-10-20)29(36)31-16-15-28(34)35/h2-3,7-14,17,19H,4-6,15-16,18H2,1H3,(H,31,36)(H,34,35). The Hall–Kier alpha value is -4.17. The second kappa shape index (κ2) is 11.5. The molecule has 0 bridgehead atoms. The van der Waals surface area contributed by atoms with Gasteiger partial charge in [-0.25, -0.2) is 4.98 Å². The number of carboxylic acids is 1. The third-order valence-electron chi connectivity index (χ3n) is 6.68. The molecule has 0 atom stereocenters. The summed E-state index contributed by atoms with van der Waals surface area (Å²) in [6, 6.07) is 21.9. The first-order chi connectivity index (χ1) is 18.5. The van der Waals surface area contributed by atoms with Crippen LogP contribution in [0.5, 0.6) is 5.75 Å². The van der Waals surface area contributed by atoms with Gasteiger partial charge in [0.05, 0.1) is 25.8 Å². The Bertz CT molecular complexity index is 1450. The molecule has 38 heavy (non-hydrogen) atoms. The molecule has 3 aromatic carbocycles. The molecule has 8 heteroatoms. The van der Waals surface area contributed by atoms with Gasteiger partial charge in [0.15, 0.2) is 5.13 Å². The maximum absolute atomic E-state index is 12.4. The molecule has 0 saturated heterocycles. The molecule has 1 heterocycles. The molecule has 0 fully saturated rings. The van der Waals surface area contributed by atoms with Gasteiger partial charge in [0.1, 0.15) is 5.75 Å². The third-order valence-corrected chi connectivity index (χ3v) is 7.54. The number of fused-ring (bicyclic) bond motifs is 1. The molecule has 1 aromatic heterocycles. The lowest BCUT2D eigenvalue weighted by molar-refractivity contribution is -0.136. The van der Waals surface area contributed by atoms with Gasteiger partial charge in [-0.3, -0.25) is 9.59 Å². The van der Waals surface area contributed by atoms with Gasteiger partial charge >= 0.3 is 5.97 Å². The van der Waals surface area contributed by atoms with Crippen LogP contribution in [0.1, 0.15) is 39.9 Å². The van der Waals surface area contributed by atoms with Crippen molar-refractivity contribution in [2.75, 3.05) is 18.6 Å². The normalized spacial score (nSPS) is 12.1. The molecule has 5 rings (SSSR count). The van der Waals surface area contributed by atoms with E-state index in [1.807, 2.05) is 36.4 Å². The van der Waals surface area contributed by atoms with Gasteiger partial charge in [-0.2, -0.15) is 0 Å². The van der Waals surface area contributed by atoms with Crippen LogP contribution in [0.15, 0.2) is 72.1 Å². The fourth-order valence-electron chi connectivity index (χ4n) is 4.69. The molecule has 0 radical (unpaired) electrons. The number of anilines is 2. The maximum atomic E-state index is 12.4. The van der Waals surface area contributed by atoms with E-state index in [1.165, 1.54) is 17.5 Å². The van der Waals surface area contributed by atoms with Crippen molar-refractivity contribution in [3.8, 4) is 17.0 Å². The van der Waals surface area contributed by atoms with Gasteiger partial charge in [0, 0.05) is 28.7 Å². The number of hydrogen-bond acceptors (Lipinski definition) is 6. The average Bonchev–Trinajstić information content (AvgIpc) is 3.61. The second-order valence-electron chi connectivity index (χ2n) is 9.20. The van der Waals surface area contributed by atoms with Crippen LogP contribution in [-0.4, -0.2) is 35.6 Å². The first kappa shape index (κ1) is 25.5. The highest BCUT2D eigenvalue weighted by molar-refractivity contribution is 7.14. The molecule has 1 amide bonds. The SMILES string of the molecule is COc1ccccc1-c1csc(N(Cc2ccc(C(=O)NCCC(=O)O)cc2)c2ccc3c(c2)CCC3)n1. The molecule has 0 spiro atoms. The number of aromatic nitrogens is 1. The number of carboxylic acid groups (broad SMARTS) is 1. The Labute approximate surface area is 225 Å². The van der Waals surface area contributed by atoms with Crippen LogP contribution in [0, 0.1) is 0 Å². The van der Waals surface area contributed by atoms with Crippen LogP contribution in [0.25, 0.3) is 11.3 Å². The number of amides is 1. The van der Waals surface area contributed by atoms with Gasteiger partial charge in [-0.05, 0) is 72.4 Å². The van der Waals surface area contributed by atoms with Gasteiger partial charge in [-0.15, -0.1) is 11.3 Å².